The van der Waals surface area contributed by atoms with Crippen molar-refractivity contribution in [1.29, 1.82) is 0 Å². The third-order valence-electron chi connectivity index (χ3n) is 4.32. The molecule has 0 unspecified atom stereocenters. The molecule has 0 aliphatic rings. The van der Waals surface area contributed by atoms with Crippen molar-refractivity contribution in [3.63, 3.8) is 0 Å². The Morgan fingerprint density at radius 3 is 2.44 bits per heavy atom. The van der Waals surface area contributed by atoms with Gasteiger partial charge in [-0.15, -0.1) is 11.3 Å². The van der Waals surface area contributed by atoms with Crippen molar-refractivity contribution < 1.29 is 14.4 Å². The van der Waals surface area contributed by atoms with E-state index in [0.29, 0.717) is 34.5 Å². The van der Waals surface area contributed by atoms with Crippen molar-refractivity contribution in [3.05, 3.63) is 45.9 Å². The number of carbonyl (C=O) groups excluding carboxylic acids is 3. The van der Waals surface area contributed by atoms with Crippen LogP contribution >= 0.6 is 22.9 Å². The van der Waals surface area contributed by atoms with Crippen LogP contribution in [0.5, 0.6) is 0 Å². The highest BCUT2D eigenvalue weighted by molar-refractivity contribution is 7.13. The molecule has 174 valence electrons. The summed E-state index contributed by atoms with van der Waals surface area (Å²) in [5, 5.41) is 8.24. The average Bonchev–Trinajstić information content (AvgIpc) is 3.13. The van der Waals surface area contributed by atoms with E-state index in [1.165, 1.54) is 16.2 Å². The summed E-state index contributed by atoms with van der Waals surface area (Å²) in [5.74, 6) is -0.507. The number of hydrogen-bond acceptors (Lipinski definition) is 6. The third-order valence-corrected chi connectivity index (χ3v) is 5.38. The number of likely N-dealkylation sites (N-methyl/N-ethyl adjacent to an activating group) is 1. The number of benzene rings is 1. The van der Waals surface area contributed by atoms with E-state index < -0.39 is 0 Å². The van der Waals surface area contributed by atoms with Gasteiger partial charge >= 0.3 is 0 Å². The molecule has 8 nitrogen and oxygen atoms in total. The minimum Gasteiger partial charge on any atom is -0.354 e. The van der Waals surface area contributed by atoms with Crippen molar-refractivity contribution >= 4 is 45.8 Å². The van der Waals surface area contributed by atoms with E-state index in [0.717, 1.165) is 6.54 Å². The lowest BCUT2D eigenvalue weighted by Gasteiger charge is -2.24. The first kappa shape index (κ1) is 25.8. The number of nitrogens with zero attached hydrogens (tertiary/aromatic N) is 3. The van der Waals surface area contributed by atoms with Gasteiger partial charge in [0.25, 0.3) is 5.91 Å². The molecule has 0 saturated carbocycles. The van der Waals surface area contributed by atoms with Crippen LogP contribution in [0.25, 0.3) is 0 Å². The second-order valence-corrected chi connectivity index (χ2v) is 9.40. The first-order valence-electron chi connectivity index (χ1n) is 10.3. The topological polar surface area (TPSA) is 94.6 Å². The maximum Gasteiger partial charge on any atom is 0.254 e. The molecule has 0 aliphatic heterocycles. The molecule has 2 N–H and O–H groups in total. The molecule has 0 fully saturated rings. The van der Waals surface area contributed by atoms with E-state index in [1.54, 1.807) is 29.6 Å². The maximum absolute atomic E-state index is 12.9. The lowest BCUT2D eigenvalue weighted by molar-refractivity contribution is -0.120. The molecule has 0 spiro atoms. The number of aromatic nitrogens is 1. The van der Waals surface area contributed by atoms with Crippen LogP contribution in [-0.2, 0) is 16.0 Å². The Balaban J connectivity index is 1.93. The summed E-state index contributed by atoms with van der Waals surface area (Å²) >= 11 is 7.15. The summed E-state index contributed by atoms with van der Waals surface area (Å²) in [7, 11) is 3.87. The molecule has 1 heterocycles. The summed E-state index contributed by atoms with van der Waals surface area (Å²) in [6, 6.07) is 6.59. The summed E-state index contributed by atoms with van der Waals surface area (Å²) in [6.07, 6.45) is 0.147. The summed E-state index contributed by atoms with van der Waals surface area (Å²) in [6.45, 7) is 5.62. The van der Waals surface area contributed by atoms with Crippen LogP contribution < -0.4 is 10.6 Å². The van der Waals surface area contributed by atoms with Crippen LogP contribution in [0.2, 0.25) is 5.02 Å². The molecular formula is C22H30ClN5O3S. The Hall–Kier alpha value is -2.49. The van der Waals surface area contributed by atoms with Crippen molar-refractivity contribution in [2.45, 2.75) is 20.3 Å². The number of carbonyl (C=O) groups is 3. The Kier molecular flexibility index (Phi) is 10.1. The highest BCUT2D eigenvalue weighted by Crippen LogP contribution is 2.17. The third kappa shape index (κ3) is 8.94. The highest BCUT2D eigenvalue weighted by Gasteiger charge is 2.20. The number of amides is 3. The molecule has 2 rings (SSSR count). The molecule has 1 aromatic heterocycles. The van der Waals surface area contributed by atoms with Crippen molar-refractivity contribution in [2.75, 3.05) is 45.6 Å². The van der Waals surface area contributed by atoms with E-state index >= 15 is 0 Å². The largest absolute Gasteiger partial charge is 0.354 e. The zero-order valence-corrected chi connectivity index (χ0v) is 20.4. The van der Waals surface area contributed by atoms with Crippen LogP contribution in [-0.4, -0.2) is 72.8 Å². The molecule has 0 bridgehead atoms. The molecule has 10 heteroatoms. The Morgan fingerprint density at radius 1 is 1.12 bits per heavy atom. The zero-order valence-electron chi connectivity index (χ0n) is 18.9. The predicted octanol–water partition coefficient (Wildman–Crippen LogP) is 2.75. The van der Waals surface area contributed by atoms with E-state index in [2.05, 4.69) is 15.6 Å². The molecule has 3 amide bonds. The molecule has 0 atom stereocenters. The number of anilines is 1. The van der Waals surface area contributed by atoms with Gasteiger partial charge < -0.3 is 20.4 Å². The molecule has 0 radical (unpaired) electrons. The fourth-order valence-corrected chi connectivity index (χ4v) is 3.71. The zero-order chi connectivity index (χ0) is 23.7. The highest BCUT2D eigenvalue weighted by atomic mass is 35.5. The van der Waals surface area contributed by atoms with Crippen LogP contribution in [0.15, 0.2) is 29.6 Å². The first-order valence-corrected chi connectivity index (χ1v) is 11.6. The van der Waals surface area contributed by atoms with Gasteiger partial charge in [0.1, 0.15) is 6.54 Å². The van der Waals surface area contributed by atoms with E-state index in [9.17, 15) is 14.4 Å². The summed E-state index contributed by atoms with van der Waals surface area (Å²) in [4.78, 5) is 45.3. The molecule has 32 heavy (non-hydrogen) atoms. The number of hydrogen-bond donors (Lipinski definition) is 2. The van der Waals surface area contributed by atoms with Gasteiger partial charge in [0.05, 0.1) is 12.1 Å². The molecule has 2 aromatic rings. The predicted molar refractivity (Wildman–Crippen MR) is 128 cm³/mol. The molecular weight excluding hydrogens is 450 g/mol. The molecule has 0 saturated heterocycles. The van der Waals surface area contributed by atoms with Gasteiger partial charge in [-0.3, -0.25) is 14.4 Å². The second kappa shape index (κ2) is 12.5. The van der Waals surface area contributed by atoms with Crippen LogP contribution in [0.1, 0.15) is 29.9 Å². The van der Waals surface area contributed by atoms with Crippen molar-refractivity contribution in [1.82, 2.24) is 20.1 Å². The Labute approximate surface area is 197 Å². The normalized spacial score (nSPS) is 11.0. The van der Waals surface area contributed by atoms with Gasteiger partial charge in [0.15, 0.2) is 5.13 Å². The maximum atomic E-state index is 12.9. The van der Waals surface area contributed by atoms with Gasteiger partial charge in [0, 0.05) is 35.6 Å². The number of halogens is 1. The van der Waals surface area contributed by atoms with Crippen molar-refractivity contribution in [2.24, 2.45) is 5.92 Å². The standard InChI is InChI=1S/C22H30ClN5O3S/c1-15(2)12-28(21(31)16-5-7-17(23)8-6-16)13-20(30)26-22-25-18(14-32-22)11-19(29)24-9-10-27(3)4/h5-8,14-15H,9-13H2,1-4H3,(H,24,29)(H,25,26,30). The fourth-order valence-electron chi connectivity index (χ4n) is 2.86. The minimum absolute atomic E-state index is 0.0976. The van der Waals surface area contributed by atoms with Crippen LogP contribution in [0.3, 0.4) is 0 Å². The monoisotopic (exact) mass is 479 g/mol. The number of thiazole rings is 1. The lowest BCUT2D eigenvalue weighted by atomic mass is 10.1. The Bertz CT molecular complexity index is 915. The van der Waals surface area contributed by atoms with E-state index in [-0.39, 0.29) is 36.6 Å². The number of nitrogens with one attached hydrogen (secondary N) is 2. The smallest absolute Gasteiger partial charge is 0.254 e. The van der Waals surface area contributed by atoms with Gasteiger partial charge in [-0.25, -0.2) is 4.98 Å². The summed E-state index contributed by atoms with van der Waals surface area (Å²) in [5.41, 5.74) is 1.06. The average molecular weight is 480 g/mol. The van der Waals surface area contributed by atoms with Gasteiger partial charge in [0.2, 0.25) is 11.8 Å². The van der Waals surface area contributed by atoms with Crippen molar-refractivity contribution in [3.8, 4) is 0 Å². The van der Waals surface area contributed by atoms with Gasteiger partial charge in [-0.05, 0) is 44.3 Å². The second-order valence-electron chi connectivity index (χ2n) is 8.11. The molecule has 0 aliphatic carbocycles. The Morgan fingerprint density at radius 2 is 1.81 bits per heavy atom. The first-order chi connectivity index (χ1) is 15.1. The lowest BCUT2D eigenvalue weighted by Crippen LogP contribution is -2.40. The van der Waals surface area contributed by atoms with Crippen LogP contribution in [0.4, 0.5) is 5.13 Å². The SMILES string of the molecule is CC(C)CN(CC(=O)Nc1nc(CC(=O)NCCN(C)C)cs1)C(=O)c1ccc(Cl)cc1. The summed E-state index contributed by atoms with van der Waals surface area (Å²) < 4.78 is 0. The molecule has 1 aromatic carbocycles. The van der Waals surface area contributed by atoms with E-state index in [1.807, 2.05) is 32.8 Å². The minimum atomic E-state index is -0.343. The van der Waals surface area contributed by atoms with Crippen LogP contribution in [0, 0.1) is 5.92 Å². The van der Waals surface area contributed by atoms with Gasteiger partial charge in [-0.1, -0.05) is 25.4 Å². The fraction of sp³-hybridized carbons (Fsp3) is 0.455. The van der Waals surface area contributed by atoms with Gasteiger partial charge in [-0.2, -0.15) is 0 Å². The quantitative estimate of drug-likeness (QED) is 0.516. The number of rotatable bonds is 11. The van der Waals surface area contributed by atoms with E-state index in [4.69, 9.17) is 11.6 Å².